The third kappa shape index (κ3) is 2.48. The predicted octanol–water partition coefficient (Wildman–Crippen LogP) is 3.66. The second-order valence-corrected chi connectivity index (χ2v) is 6.90. The number of benzene rings is 1. The van der Waals surface area contributed by atoms with Gasteiger partial charge in [0, 0.05) is 24.0 Å². The average Bonchev–Trinajstić information content (AvgIpc) is 3.03. The molecule has 2 fully saturated rings. The first-order valence-electron chi connectivity index (χ1n) is 7.85. The molecule has 0 radical (unpaired) electrons. The number of nitrogens with one attached hydrogen (secondary N) is 1. The maximum absolute atomic E-state index is 6.32. The molecule has 0 atom stereocenters. The molecule has 112 valence electrons. The molecule has 4 heteroatoms. The Kier molecular flexibility index (Phi) is 3.44. The molecule has 0 unspecified atom stereocenters. The summed E-state index contributed by atoms with van der Waals surface area (Å²) in [5.41, 5.74) is 2.59. The Bertz CT molecular complexity index is 645. The van der Waals surface area contributed by atoms with E-state index in [0.29, 0.717) is 10.6 Å². The van der Waals surface area contributed by atoms with Crippen molar-refractivity contribution in [3.8, 4) is 0 Å². The summed E-state index contributed by atoms with van der Waals surface area (Å²) in [7, 11) is 0. The fraction of sp³-hybridized carbons (Fsp3) is 0.529. The minimum absolute atomic E-state index is 0.539. The van der Waals surface area contributed by atoms with Gasteiger partial charge in [-0.15, -0.1) is 0 Å². The van der Waals surface area contributed by atoms with Gasteiger partial charge in [0.1, 0.15) is 5.58 Å². The largest absolute Gasteiger partial charge is 0.444 e. The van der Waals surface area contributed by atoms with Gasteiger partial charge in [0.05, 0.1) is 0 Å². The monoisotopic (exact) mass is 304 g/mol. The number of furan rings is 1. The van der Waals surface area contributed by atoms with Crippen LogP contribution in [0.25, 0.3) is 11.0 Å². The van der Waals surface area contributed by atoms with E-state index in [1.165, 1.54) is 45.4 Å². The molecule has 1 N–H and O–H groups in total. The molecule has 1 aromatic carbocycles. The molecule has 2 aromatic rings. The smallest absolute Gasteiger partial charge is 0.199 e. The van der Waals surface area contributed by atoms with Crippen molar-refractivity contribution in [3.05, 3.63) is 35.0 Å². The van der Waals surface area contributed by atoms with Gasteiger partial charge in [-0.1, -0.05) is 18.2 Å². The van der Waals surface area contributed by atoms with Crippen molar-refractivity contribution in [3.63, 3.8) is 0 Å². The molecule has 2 aliphatic rings. The molecule has 3 nitrogen and oxygen atoms in total. The van der Waals surface area contributed by atoms with Crippen LogP contribution in [0, 0.1) is 5.41 Å². The summed E-state index contributed by atoms with van der Waals surface area (Å²) in [6.07, 6.45) is 3.94. The molecule has 0 saturated carbocycles. The fourth-order valence-electron chi connectivity index (χ4n) is 3.97. The lowest BCUT2D eigenvalue weighted by Crippen LogP contribution is -2.38. The molecule has 1 spiro atoms. The molecule has 2 saturated heterocycles. The zero-order valence-corrected chi connectivity index (χ0v) is 13.0. The molecular formula is C17H21ClN2O. The number of likely N-dealkylation sites (tertiary alicyclic amines) is 1. The summed E-state index contributed by atoms with van der Waals surface area (Å²) in [6, 6.07) is 8.14. The lowest BCUT2D eigenvalue weighted by atomic mass is 9.78. The normalized spacial score (nSPS) is 22.3. The zero-order chi connectivity index (χ0) is 14.3. The maximum atomic E-state index is 6.32. The minimum Gasteiger partial charge on any atom is -0.444 e. The zero-order valence-electron chi connectivity index (χ0n) is 12.2. The van der Waals surface area contributed by atoms with E-state index in [4.69, 9.17) is 16.0 Å². The third-order valence-corrected chi connectivity index (χ3v) is 5.52. The Balaban J connectivity index is 1.54. The van der Waals surface area contributed by atoms with Crippen LogP contribution in [0.5, 0.6) is 0 Å². The van der Waals surface area contributed by atoms with Crippen molar-refractivity contribution < 1.29 is 4.42 Å². The highest BCUT2D eigenvalue weighted by Gasteiger charge is 2.39. The number of nitrogens with zero attached hydrogens (tertiary/aromatic N) is 1. The maximum Gasteiger partial charge on any atom is 0.199 e. The molecule has 1 aromatic heterocycles. The van der Waals surface area contributed by atoms with E-state index in [2.05, 4.69) is 22.3 Å². The summed E-state index contributed by atoms with van der Waals surface area (Å²) in [4.78, 5) is 2.55. The summed E-state index contributed by atoms with van der Waals surface area (Å²) in [5, 5.41) is 5.19. The second kappa shape index (κ2) is 5.31. The SMILES string of the molecule is Clc1oc2ccccc2c1CN1CCC2(CCNCC2)C1. The van der Waals surface area contributed by atoms with Crippen LogP contribution in [0.1, 0.15) is 24.8 Å². The van der Waals surface area contributed by atoms with Crippen molar-refractivity contribution in [1.82, 2.24) is 10.2 Å². The highest BCUT2D eigenvalue weighted by molar-refractivity contribution is 6.30. The molecule has 2 aliphatic heterocycles. The van der Waals surface area contributed by atoms with E-state index in [1.807, 2.05) is 12.1 Å². The Morgan fingerprint density at radius 3 is 2.86 bits per heavy atom. The lowest BCUT2D eigenvalue weighted by Gasteiger charge is -2.33. The van der Waals surface area contributed by atoms with Gasteiger partial charge in [-0.2, -0.15) is 0 Å². The van der Waals surface area contributed by atoms with Crippen molar-refractivity contribution in [2.24, 2.45) is 5.41 Å². The van der Waals surface area contributed by atoms with Gasteiger partial charge < -0.3 is 9.73 Å². The first-order valence-corrected chi connectivity index (χ1v) is 8.23. The molecular weight excluding hydrogens is 284 g/mol. The standard InChI is InChI=1S/C17H21ClN2O/c18-16-14(13-3-1-2-4-15(13)21-16)11-20-10-7-17(12-20)5-8-19-9-6-17/h1-4,19H,5-12H2. The molecule has 21 heavy (non-hydrogen) atoms. The lowest BCUT2D eigenvalue weighted by molar-refractivity contribution is 0.194. The van der Waals surface area contributed by atoms with Crippen LogP contribution < -0.4 is 5.32 Å². The molecule has 4 rings (SSSR count). The number of hydrogen-bond donors (Lipinski definition) is 1. The summed E-state index contributed by atoms with van der Waals surface area (Å²) in [5.74, 6) is 0. The number of para-hydroxylation sites is 1. The molecule has 0 aliphatic carbocycles. The number of hydrogen-bond acceptors (Lipinski definition) is 3. The Morgan fingerprint density at radius 1 is 1.19 bits per heavy atom. The van der Waals surface area contributed by atoms with Gasteiger partial charge in [-0.25, -0.2) is 0 Å². The van der Waals surface area contributed by atoms with Gasteiger partial charge in [-0.05, 0) is 62.0 Å². The average molecular weight is 305 g/mol. The van der Waals surface area contributed by atoms with E-state index in [0.717, 1.165) is 23.1 Å². The summed E-state index contributed by atoms with van der Waals surface area (Å²) in [6.45, 7) is 5.62. The van der Waals surface area contributed by atoms with Crippen LogP contribution in [0.15, 0.2) is 28.7 Å². The number of rotatable bonds is 2. The minimum atomic E-state index is 0.539. The topological polar surface area (TPSA) is 28.4 Å². The van der Waals surface area contributed by atoms with Crippen LogP contribution in [0.2, 0.25) is 5.22 Å². The van der Waals surface area contributed by atoms with Crippen molar-refractivity contribution >= 4 is 22.6 Å². The van der Waals surface area contributed by atoms with E-state index in [9.17, 15) is 0 Å². The van der Waals surface area contributed by atoms with Gasteiger partial charge in [0.2, 0.25) is 0 Å². The Labute approximate surface area is 130 Å². The van der Waals surface area contributed by atoms with Crippen molar-refractivity contribution in [2.45, 2.75) is 25.8 Å². The molecule has 0 bridgehead atoms. The van der Waals surface area contributed by atoms with Crippen LogP contribution in [0.3, 0.4) is 0 Å². The fourth-order valence-corrected chi connectivity index (χ4v) is 4.21. The van der Waals surface area contributed by atoms with E-state index in [-0.39, 0.29) is 0 Å². The third-order valence-electron chi connectivity index (χ3n) is 5.21. The summed E-state index contributed by atoms with van der Waals surface area (Å²) >= 11 is 6.32. The summed E-state index contributed by atoms with van der Waals surface area (Å²) < 4.78 is 5.68. The van der Waals surface area contributed by atoms with Gasteiger partial charge >= 0.3 is 0 Å². The van der Waals surface area contributed by atoms with Gasteiger partial charge in [0.25, 0.3) is 0 Å². The van der Waals surface area contributed by atoms with Crippen LogP contribution in [-0.2, 0) is 6.54 Å². The van der Waals surface area contributed by atoms with Crippen LogP contribution >= 0.6 is 11.6 Å². The van der Waals surface area contributed by atoms with Crippen LogP contribution in [-0.4, -0.2) is 31.1 Å². The van der Waals surface area contributed by atoms with Gasteiger partial charge in [0.15, 0.2) is 5.22 Å². The second-order valence-electron chi connectivity index (χ2n) is 6.56. The van der Waals surface area contributed by atoms with E-state index >= 15 is 0 Å². The van der Waals surface area contributed by atoms with Crippen LogP contribution in [0.4, 0.5) is 0 Å². The first-order chi connectivity index (χ1) is 10.3. The highest BCUT2D eigenvalue weighted by Crippen LogP contribution is 2.40. The van der Waals surface area contributed by atoms with Crippen molar-refractivity contribution in [1.29, 1.82) is 0 Å². The first kappa shape index (κ1) is 13.6. The van der Waals surface area contributed by atoms with Gasteiger partial charge in [-0.3, -0.25) is 4.90 Å². The number of halogens is 1. The Morgan fingerprint density at radius 2 is 2.00 bits per heavy atom. The van der Waals surface area contributed by atoms with E-state index < -0.39 is 0 Å². The predicted molar refractivity (Wildman–Crippen MR) is 85.7 cm³/mol. The number of piperidine rings is 1. The molecule has 3 heterocycles. The Hall–Kier alpha value is -1.03. The van der Waals surface area contributed by atoms with E-state index in [1.54, 1.807) is 0 Å². The van der Waals surface area contributed by atoms with Crippen molar-refractivity contribution in [2.75, 3.05) is 26.2 Å². The quantitative estimate of drug-likeness (QED) is 0.918. The number of fused-ring (bicyclic) bond motifs is 1. The molecule has 0 amide bonds. The highest BCUT2D eigenvalue weighted by atomic mass is 35.5.